The highest BCUT2D eigenvalue weighted by Gasteiger charge is 2.49. The molecule has 0 spiro atoms. The molecule has 2 fully saturated rings. The molecule has 0 radical (unpaired) electrons. The Labute approximate surface area is 83.4 Å². The summed E-state index contributed by atoms with van der Waals surface area (Å²) in [5.41, 5.74) is 5.94. The van der Waals surface area contributed by atoms with Crippen LogP contribution in [-0.2, 0) is 18.9 Å². The molecule has 14 heavy (non-hydrogen) atoms. The highest BCUT2D eigenvalue weighted by atomic mass is 16.8. The van der Waals surface area contributed by atoms with E-state index in [9.17, 15) is 0 Å². The number of nitrogens with two attached hydrogens (primary N) is 1. The molecule has 4 unspecified atom stereocenters. The second kappa shape index (κ2) is 3.43. The second-order valence-corrected chi connectivity index (χ2v) is 4.15. The Balaban J connectivity index is 2.08. The molecule has 2 N–H and O–H groups in total. The van der Waals surface area contributed by atoms with E-state index < -0.39 is 12.1 Å². The highest BCUT2D eigenvalue weighted by molar-refractivity contribution is 4.93. The maximum Gasteiger partial charge on any atom is 0.174 e. The van der Waals surface area contributed by atoms with Gasteiger partial charge in [-0.25, -0.2) is 0 Å². The summed E-state index contributed by atoms with van der Waals surface area (Å²) in [5.74, 6) is -0.570. The molecule has 0 amide bonds. The van der Waals surface area contributed by atoms with E-state index in [1.807, 2.05) is 13.8 Å². The first-order chi connectivity index (χ1) is 6.53. The largest absolute Gasteiger partial charge is 0.354 e. The highest BCUT2D eigenvalue weighted by Crippen LogP contribution is 2.33. The molecule has 2 saturated heterocycles. The van der Waals surface area contributed by atoms with Crippen molar-refractivity contribution in [2.45, 2.75) is 44.2 Å². The summed E-state index contributed by atoms with van der Waals surface area (Å²) in [6.07, 6.45) is -0.608. The van der Waals surface area contributed by atoms with Crippen molar-refractivity contribution in [1.29, 1.82) is 0 Å². The van der Waals surface area contributed by atoms with Crippen LogP contribution in [0.25, 0.3) is 0 Å². The van der Waals surface area contributed by atoms with Gasteiger partial charge in [0, 0.05) is 7.11 Å². The lowest BCUT2D eigenvalue weighted by Gasteiger charge is -2.34. The Morgan fingerprint density at radius 3 is 2.71 bits per heavy atom. The van der Waals surface area contributed by atoms with Crippen molar-refractivity contribution < 1.29 is 18.9 Å². The zero-order chi connectivity index (χ0) is 10.3. The van der Waals surface area contributed by atoms with E-state index in [0.717, 1.165) is 0 Å². The fourth-order valence-corrected chi connectivity index (χ4v) is 2.00. The summed E-state index contributed by atoms with van der Waals surface area (Å²) in [6, 6.07) is -0.291. The average molecular weight is 203 g/mol. The normalized spacial score (nSPS) is 46.3. The van der Waals surface area contributed by atoms with Crippen LogP contribution in [0.3, 0.4) is 0 Å². The summed E-state index contributed by atoms with van der Waals surface area (Å²) in [4.78, 5) is 0. The van der Waals surface area contributed by atoms with Crippen LogP contribution in [-0.4, -0.2) is 44.0 Å². The number of fused-ring (bicyclic) bond motifs is 1. The molecule has 5 nitrogen and oxygen atoms in total. The van der Waals surface area contributed by atoms with Crippen molar-refractivity contribution >= 4 is 0 Å². The third-order valence-electron chi connectivity index (χ3n) is 2.57. The summed E-state index contributed by atoms with van der Waals surface area (Å²) in [7, 11) is 1.58. The minimum Gasteiger partial charge on any atom is -0.354 e. The number of hydrogen-bond donors (Lipinski definition) is 1. The van der Waals surface area contributed by atoms with Gasteiger partial charge in [0.05, 0.1) is 12.6 Å². The van der Waals surface area contributed by atoms with Gasteiger partial charge in [-0.3, -0.25) is 0 Å². The Kier molecular flexibility index (Phi) is 2.53. The molecule has 5 heteroatoms. The molecule has 0 bridgehead atoms. The second-order valence-electron chi connectivity index (χ2n) is 4.15. The van der Waals surface area contributed by atoms with Crippen LogP contribution in [0, 0.1) is 0 Å². The maximum atomic E-state index is 5.94. The van der Waals surface area contributed by atoms with Gasteiger partial charge in [-0.2, -0.15) is 0 Å². The predicted octanol–water partition coefficient (Wildman–Crippen LogP) is -0.163. The van der Waals surface area contributed by atoms with E-state index in [1.165, 1.54) is 0 Å². The SMILES string of the molecule is COC1OCC2OC(C)(C)OC2C1N. The molecule has 82 valence electrons. The van der Waals surface area contributed by atoms with E-state index in [4.69, 9.17) is 24.7 Å². The molecule has 0 aromatic rings. The zero-order valence-electron chi connectivity index (χ0n) is 8.73. The van der Waals surface area contributed by atoms with E-state index in [0.29, 0.717) is 6.61 Å². The van der Waals surface area contributed by atoms with E-state index in [-0.39, 0.29) is 18.2 Å². The van der Waals surface area contributed by atoms with Gasteiger partial charge in [0.2, 0.25) is 0 Å². The van der Waals surface area contributed by atoms with Crippen molar-refractivity contribution in [3.63, 3.8) is 0 Å². The van der Waals surface area contributed by atoms with Crippen molar-refractivity contribution in [2.75, 3.05) is 13.7 Å². The van der Waals surface area contributed by atoms with Gasteiger partial charge in [-0.15, -0.1) is 0 Å². The quantitative estimate of drug-likeness (QED) is 0.641. The molecular formula is C9H17NO4. The minimum absolute atomic E-state index is 0.0774. The van der Waals surface area contributed by atoms with Crippen LogP contribution >= 0.6 is 0 Å². The van der Waals surface area contributed by atoms with Crippen molar-refractivity contribution in [2.24, 2.45) is 5.73 Å². The summed E-state index contributed by atoms with van der Waals surface area (Å²) in [5, 5.41) is 0. The Hall–Kier alpha value is -0.200. The third kappa shape index (κ3) is 1.66. The molecular weight excluding hydrogens is 186 g/mol. The third-order valence-corrected chi connectivity index (χ3v) is 2.57. The van der Waals surface area contributed by atoms with E-state index >= 15 is 0 Å². The number of hydrogen-bond acceptors (Lipinski definition) is 5. The zero-order valence-corrected chi connectivity index (χ0v) is 8.73. The molecule has 4 atom stereocenters. The Bertz CT molecular complexity index is 221. The molecule has 0 aromatic heterocycles. The summed E-state index contributed by atoms with van der Waals surface area (Å²) >= 11 is 0. The van der Waals surface area contributed by atoms with Gasteiger partial charge in [-0.05, 0) is 13.8 Å². The molecule has 0 aromatic carbocycles. The molecule has 2 aliphatic heterocycles. The van der Waals surface area contributed by atoms with Crippen LogP contribution in [0.5, 0.6) is 0 Å². The first-order valence-corrected chi connectivity index (χ1v) is 4.79. The van der Waals surface area contributed by atoms with Crippen molar-refractivity contribution in [1.82, 2.24) is 0 Å². The molecule has 2 aliphatic rings. The molecule has 2 rings (SSSR count). The average Bonchev–Trinajstić information content (AvgIpc) is 2.42. The topological polar surface area (TPSA) is 62.9 Å². The number of ether oxygens (including phenoxy) is 4. The van der Waals surface area contributed by atoms with Gasteiger partial charge in [-0.1, -0.05) is 0 Å². The molecule has 0 aliphatic carbocycles. The van der Waals surface area contributed by atoms with Crippen LogP contribution in [0.1, 0.15) is 13.8 Å². The molecule has 2 heterocycles. The van der Waals surface area contributed by atoms with Crippen LogP contribution in [0.2, 0.25) is 0 Å². The van der Waals surface area contributed by atoms with Gasteiger partial charge in [0.15, 0.2) is 12.1 Å². The van der Waals surface area contributed by atoms with E-state index in [1.54, 1.807) is 7.11 Å². The summed E-state index contributed by atoms with van der Waals surface area (Å²) in [6.45, 7) is 4.22. The maximum absolute atomic E-state index is 5.94. The first kappa shape index (κ1) is 10.3. The van der Waals surface area contributed by atoms with Crippen LogP contribution in [0.4, 0.5) is 0 Å². The number of rotatable bonds is 1. The van der Waals surface area contributed by atoms with Crippen LogP contribution in [0.15, 0.2) is 0 Å². The van der Waals surface area contributed by atoms with Gasteiger partial charge < -0.3 is 24.7 Å². The van der Waals surface area contributed by atoms with Gasteiger partial charge in [0.1, 0.15) is 12.2 Å². The van der Waals surface area contributed by atoms with Gasteiger partial charge in [0.25, 0.3) is 0 Å². The molecule has 0 saturated carbocycles. The Morgan fingerprint density at radius 2 is 2.07 bits per heavy atom. The van der Waals surface area contributed by atoms with Crippen LogP contribution < -0.4 is 5.73 Å². The lowest BCUT2D eigenvalue weighted by atomic mass is 10.0. The fraction of sp³-hybridized carbons (Fsp3) is 1.00. The standard InChI is InChI=1S/C9H17NO4/c1-9(2)13-5-4-12-8(11-3)6(10)7(5)14-9/h5-8H,4,10H2,1-3H3. The number of methoxy groups -OCH3 is 1. The van der Waals surface area contributed by atoms with E-state index in [2.05, 4.69) is 0 Å². The first-order valence-electron chi connectivity index (χ1n) is 4.79. The van der Waals surface area contributed by atoms with Crippen molar-refractivity contribution in [3.8, 4) is 0 Å². The monoisotopic (exact) mass is 203 g/mol. The van der Waals surface area contributed by atoms with Gasteiger partial charge >= 0.3 is 0 Å². The lowest BCUT2D eigenvalue weighted by molar-refractivity contribution is -0.194. The smallest absolute Gasteiger partial charge is 0.174 e. The Morgan fingerprint density at radius 1 is 1.36 bits per heavy atom. The predicted molar refractivity (Wildman–Crippen MR) is 48.5 cm³/mol. The lowest BCUT2D eigenvalue weighted by Crippen LogP contribution is -2.56. The minimum atomic E-state index is -0.570. The summed E-state index contributed by atoms with van der Waals surface area (Å²) < 4.78 is 21.8. The fourth-order valence-electron chi connectivity index (χ4n) is 2.00. The van der Waals surface area contributed by atoms with Crippen molar-refractivity contribution in [3.05, 3.63) is 0 Å².